The van der Waals surface area contributed by atoms with Gasteiger partial charge in [-0.3, -0.25) is 33.7 Å². The average Bonchev–Trinajstić information content (AvgIpc) is 3.35. The van der Waals surface area contributed by atoms with Crippen molar-refractivity contribution in [2.75, 3.05) is 39.5 Å². The van der Waals surface area contributed by atoms with Gasteiger partial charge in [-0.15, -0.1) is 0 Å². The summed E-state index contributed by atoms with van der Waals surface area (Å²) in [5, 5.41) is 2.78. The normalized spacial score (nSPS) is 16.7. The van der Waals surface area contributed by atoms with Gasteiger partial charge in [0.05, 0.1) is 25.3 Å². The number of carbonyl (C=O) groups excluding carboxylic acids is 6. The zero-order valence-corrected chi connectivity index (χ0v) is 26.3. The molecule has 1 aromatic carbocycles. The number of nitrogens with two attached hydrogens (primary N) is 1. The van der Waals surface area contributed by atoms with Crippen LogP contribution in [0.3, 0.4) is 0 Å². The first-order valence-corrected chi connectivity index (χ1v) is 15.7. The molecule has 0 spiro atoms. The van der Waals surface area contributed by atoms with Crippen LogP contribution in [0.25, 0.3) is 0 Å². The van der Waals surface area contributed by atoms with Crippen LogP contribution in [-0.2, 0) is 51.2 Å². The molecule has 1 aromatic rings. The van der Waals surface area contributed by atoms with Crippen LogP contribution in [-0.4, -0.2) is 96.6 Å². The van der Waals surface area contributed by atoms with Gasteiger partial charge in [0, 0.05) is 63.6 Å². The summed E-state index contributed by atoms with van der Waals surface area (Å²) in [5.74, 6) is -1.47. The van der Waals surface area contributed by atoms with Crippen LogP contribution in [0.2, 0.25) is 0 Å². The molecule has 4 amide bonds. The van der Waals surface area contributed by atoms with Crippen LogP contribution in [0.1, 0.15) is 63.5 Å². The minimum absolute atomic E-state index is 0.0378. The number of Topliss-reactive ketones (excluding diaryl/α,β-unsaturated/α-hetero) is 2. The quantitative estimate of drug-likeness (QED) is 0.161. The van der Waals surface area contributed by atoms with Crippen LogP contribution in [0.5, 0.6) is 0 Å². The van der Waals surface area contributed by atoms with E-state index in [1.54, 1.807) is 4.90 Å². The molecule has 45 heavy (non-hydrogen) atoms. The molecular formula is C33H46N4O8. The van der Waals surface area contributed by atoms with E-state index < -0.39 is 23.9 Å². The molecule has 2 aliphatic heterocycles. The van der Waals surface area contributed by atoms with E-state index in [4.69, 9.17) is 15.2 Å². The molecule has 0 fully saturated rings. The Kier molecular flexibility index (Phi) is 14.5. The maximum Gasteiger partial charge on any atom is 0.253 e. The lowest BCUT2D eigenvalue weighted by Gasteiger charge is -2.38. The summed E-state index contributed by atoms with van der Waals surface area (Å²) in [6.45, 7) is 5.34. The first kappa shape index (κ1) is 35.7. The van der Waals surface area contributed by atoms with E-state index in [9.17, 15) is 28.8 Å². The van der Waals surface area contributed by atoms with Gasteiger partial charge in [0.2, 0.25) is 11.8 Å². The zero-order valence-electron chi connectivity index (χ0n) is 26.3. The highest BCUT2D eigenvalue weighted by molar-refractivity contribution is 6.13. The zero-order chi connectivity index (χ0) is 32.8. The van der Waals surface area contributed by atoms with Gasteiger partial charge < -0.3 is 25.4 Å². The molecule has 12 heteroatoms. The van der Waals surface area contributed by atoms with Crippen molar-refractivity contribution in [3.05, 3.63) is 47.5 Å². The minimum atomic E-state index is -0.723. The van der Waals surface area contributed by atoms with Crippen LogP contribution in [0.15, 0.2) is 36.4 Å². The van der Waals surface area contributed by atoms with Crippen molar-refractivity contribution in [3.8, 4) is 0 Å². The first-order chi connectivity index (χ1) is 21.6. The molecule has 0 bridgehead atoms. The minimum Gasteiger partial charge on any atom is -0.379 e. The van der Waals surface area contributed by atoms with E-state index in [2.05, 4.69) is 5.32 Å². The molecule has 2 aliphatic rings. The van der Waals surface area contributed by atoms with E-state index >= 15 is 0 Å². The highest BCUT2D eigenvalue weighted by Crippen LogP contribution is 2.26. The second-order valence-corrected chi connectivity index (χ2v) is 11.7. The number of nitrogens with zero attached hydrogens (tertiary/aromatic N) is 2. The predicted molar refractivity (Wildman–Crippen MR) is 166 cm³/mol. The Morgan fingerprint density at radius 1 is 0.933 bits per heavy atom. The standard InChI is InChI=1S/C33H46N4O8/c1-23(2)32(42)28-20-24-8-3-4-9-25(24)21-37(28)33(43)27(34)11-5-6-15-35-29(39)22-45-19-18-44-17-7-10-26(38)14-16-36-30(40)12-13-31(36)41/h3-4,8-9,12-13,23,27-28H,5-7,10-11,14-22,34H2,1-2H3,(H,35,39)/t27-,28-/m0/s1. The lowest BCUT2D eigenvalue weighted by atomic mass is 9.87. The second-order valence-electron chi connectivity index (χ2n) is 11.7. The fourth-order valence-corrected chi connectivity index (χ4v) is 5.27. The molecule has 3 rings (SSSR count). The number of carbonyl (C=O) groups is 6. The highest BCUT2D eigenvalue weighted by Gasteiger charge is 2.37. The Morgan fingerprint density at radius 3 is 2.33 bits per heavy atom. The second kappa shape index (κ2) is 18.3. The van der Waals surface area contributed by atoms with Crippen molar-refractivity contribution in [2.24, 2.45) is 11.7 Å². The molecule has 12 nitrogen and oxygen atoms in total. The van der Waals surface area contributed by atoms with Crippen molar-refractivity contribution in [1.82, 2.24) is 15.1 Å². The van der Waals surface area contributed by atoms with E-state index in [0.29, 0.717) is 51.8 Å². The van der Waals surface area contributed by atoms with E-state index in [1.807, 2.05) is 38.1 Å². The molecule has 0 unspecified atom stereocenters. The summed E-state index contributed by atoms with van der Waals surface area (Å²) in [6.07, 6.45) is 5.55. The van der Waals surface area contributed by atoms with Gasteiger partial charge in [0.1, 0.15) is 12.4 Å². The SMILES string of the molecule is CC(C)C(=O)[C@@H]1Cc2ccccc2CN1C(=O)[C@@H](N)CCCCNC(=O)COCCOCCCC(=O)CCN1C(=O)C=CC1=O. The number of ketones is 2. The Balaban J connectivity index is 1.20. The summed E-state index contributed by atoms with van der Waals surface area (Å²) in [7, 11) is 0. The smallest absolute Gasteiger partial charge is 0.253 e. The first-order valence-electron chi connectivity index (χ1n) is 15.7. The fourth-order valence-electron chi connectivity index (χ4n) is 5.27. The van der Waals surface area contributed by atoms with Crippen LogP contribution < -0.4 is 11.1 Å². The van der Waals surface area contributed by atoms with Gasteiger partial charge >= 0.3 is 0 Å². The number of fused-ring (bicyclic) bond motifs is 1. The number of imide groups is 1. The topological polar surface area (TPSA) is 165 Å². The van der Waals surface area contributed by atoms with Gasteiger partial charge in [-0.05, 0) is 36.8 Å². The van der Waals surface area contributed by atoms with Gasteiger partial charge in [0.25, 0.3) is 11.8 Å². The molecule has 0 saturated heterocycles. The number of unbranched alkanes of at least 4 members (excludes halogenated alkanes) is 1. The Morgan fingerprint density at radius 2 is 1.62 bits per heavy atom. The Hall–Kier alpha value is -3.74. The van der Waals surface area contributed by atoms with E-state index in [-0.39, 0.29) is 68.5 Å². The van der Waals surface area contributed by atoms with Gasteiger partial charge in [-0.2, -0.15) is 0 Å². The largest absolute Gasteiger partial charge is 0.379 e. The van der Waals surface area contributed by atoms with E-state index in [0.717, 1.165) is 16.0 Å². The van der Waals surface area contributed by atoms with Crippen molar-refractivity contribution in [2.45, 2.75) is 77.4 Å². The molecule has 2 heterocycles. The molecule has 2 atom stereocenters. The summed E-state index contributed by atoms with van der Waals surface area (Å²) in [4.78, 5) is 75.8. The molecule has 0 saturated carbocycles. The number of amides is 4. The number of hydrogen-bond donors (Lipinski definition) is 2. The average molecular weight is 627 g/mol. The number of benzene rings is 1. The fraction of sp³-hybridized carbons (Fsp3) is 0.576. The molecule has 0 aliphatic carbocycles. The Labute approximate surface area is 264 Å². The van der Waals surface area contributed by atoms with Crippen LogP contribution in [0.4, 0.5) is 0 Å². The van der Waals surface area contributed by atoms with Crippen molar-refractivity contribution in [3.63, 3.8) is 0 Å². The summed E-state index contributed by atoms with van der Waals surface area (Å²) >= 11 is 0. The summed E-state index contributed by atoms with van der Waals surface area (Å²) < 4.78 is 10.8. The van der Waals surface area contributed by atoms with Gasteiger partial charge in [0.15, 0.2) is 5.78 Å². The molecule has 0 radical (unpaired) electrons. The van der Waals surface area contributed by atoms with E-state index in [1.165, 1.54) is 12.2 Å². The van der Waals surface area contributed by atoms with Crippen molar-refractivity contribution < 1.29 is 38.2 Å². The molecule has 0 aromatic heterocycles. The third-order valence-electron chi connectivity index (χ3n) is 7.87. The lowest BCUT2D eigenvalue weighted by molar-refractivity contribution is -0.143. The highest BCUT2D eigenvalue weighted by atomic mass is 16.5. The molecule has 3 N–H and O–H groups in total. The van der Waals surface area contributed by atoms with Crippen molar-refractivity contribution in [1.29, 1.82) is 0 Å². The molecule has 246 valence electrons. The maximum atomic E-state index is 13.3. The number of rotatable bonds is 20. The predicted octanol–water partition coefficient (Wildman–Crippen LogP) is 1.48. The third kappa shape index (κ3) is 11.3. The third-order valence-corrected chi connectivity index (χ3v) is 7.87. The van der Waals surface area contributed by atoms with Crippen molar-refractivity contribution >= 4 is 35.2 Å². The number of nitrogens with one attached hydrogen (secondary N) is 1. The van der Waals surface area contributed by atoms with Gasteiger partial charge in [-0.25, -0.2) is 0 Å². The van der Waals surface area contributed by atoms with Crippen LogP contribution in [0, 0.1) is 5.92 Å². The molecular weight excluding hydrogens is 580 g/mol. The Bertz CT molecular complexity index is 1230. The monoisotopic (exact) mass is 626 g/mol. The summed E-state index contributed by atoms with van der Waals surface area (Å²) in [6, 6.07) is 6.63. The number of ether oxygens (including phenoxy) is 2. The number of hydrogen-bond acceptors (Lipinski definition) is 9. The van der Waals surface area contributed by atoms with Crippen LogP contribution >= 0.6 is 0 Å². The summed E-state index contributed by atoms with van der Waals surface area (Å²) in [5.41, 5.74) is 8.40. The lowest BCUT2D eigenvalue weighted by Crippen LogP contribution is -2.54. The maximum absolute atomic E-state index is 13.3. The van der Waals surface area contributed by atoms with Gasteiger partial charge in [-0.1, -0.05) is 38.1 Å².